The second-order valence-corrected chi connectivity index (χ2v) is 5.68. The molecular weight excluding hydrogens is 280 g/mol. The number of aromatic carboxylic acids is 1. The molecule has 2 heterocycles. The summed E-state index contributed by atoms with van der Waals surface area (Å²) in [6.07, 6.45) is 0.662. The molecule has 5 heteroatoms. The molecule has 0 amide bonds. The van der Waals surface area contributed by atoms with E-state index < -0.39 is 11.6 Å². The predicted octanol–water partition coefficient (Wildman–Crippen LogP) is 1.87. The Morgan fingerprint density at radius 2 is 1.95 bits per heavy atom. The van der Waals surface area contributed by atoms with Crippen LogP contribution in [0.15, 0.2) is 48.5 Å². The summed E-state index contributed by atoms with van der Waals surface area (Å²) in [5.74, 6) is -1.02. The largest absolute Gasteiger partial charge is 0.477 e. The van der Waals surface area contributed by atoms with Crippen LogP contribution >= 0.6 is 0 Å². The molecule has 22 heavy (non-hydrogen) atoms. The van der Waals surface area contributed by atoms with E-state index in [4.69, 9.17) is 5.11 Å². The number of aliphatic hydroxyl groups is 1. The van der Waals surface area contributed by atoms with Crippen LogP contribution in [0.5, 0.6) is 0 Å². The van der Waals surface area contributed by atoms with Gasteiger partial charge >= 0.3 is 5.97 Å². The minimum absolute atomic E-state index is 0.0509. The number of carbonyl (C=O) groups is 1. The fraction of sp³-hybridized carbons (Fsp3) is 0.294. The summed E-state index contributed by atoms with van der Waals surface area (Å²) < 4.78 is 0. The molecule has 1 saturated heterocycles. The smallest absolute Gasteiger partial charge is 0.354 e. The van der Waals surface area contributed by atoms with E-state index in [1.807, 2.05) is 36.4 Å². The molecule has 1 fully saturated rings. The van der Waals surface area contributed by atoms with Gasteiger partial charge in [-0.1, -0.05) is 36.4 Å². The molecule has 0 unspecified atom stereocenters. The molecule has 1 aliphatic heterocycles. The summed E-state index contributed by atoms with van der Waals surface area (Å²) >= 11 is 0. The van der Waals surface area contributed by atoms with Crippen molar-refractivity contribution in [1.29, 1.82) is 0 Å². The summed E-state index contributed by atoms with van der Waals surface area (Å²) in [6, 6.07) is 14.6. The maximum absolute atomic E-state index is 11.0. The fourth-order valence-corrected chi connectivity index (χ4v) is 2.91. The lowest BCUT2D eigenvalue weighted by Crippen LogP contribution is -2.30. The number of rotatable bonds is 4. The number of pyridine rings is 1. The Hall–Kier alpha value is -2.24. The van der Waals surface area contributed by atoms with Gasteiger partial charge in [0, 0.05) is 19.6 Å². The second-order valence-electron chi connectivity index (χ2n) is 5.68. The van der Waals surface area contributed by atoms with E-state index in [0.29, 0.717) is 25.2 Å². The van der Waals surface area contributed by atoms with Crippen LogP contribution in [0.2, 0.25) is 0 Å². The number of hydrogen-bond donors (Lipinski definition) is 2. The van der Waals surface area contributed by atoms with E-state index in [9.17, 15) is 9.90 Å². The van der Waals surface area contributed by atoms with E-state index in [2.05, 4.69) is 9.88 Å². The van der Waals surface area contributed by atoms with Crippen molar-refractivity contribution in [3.63, 3.8) is 0 Å². The molecule has 5 nitrogen and oxygen atoms in total. The lowest BCUT2D eigenvalue weighted by molar-refractivity contribution is 0.0451. The number of likely N-dealkylation sites (tertiary alicyclic amines) is 1. The van der Waals surface area contributed by atoms with Crippen LogP contribution < -0.4 is 0 Å². The normalized spacial score (nSPS) is 21.9. The van der Waals surface area contributed by atoms with Crippen molar-refractivity contribution in [2.24, 2.45) is 0 Å². The van der Waals surface area contributed by atoms with Gasteiger partial charge in [0.05, 0.1) is 5.69 Å². The summed E-state index contributed by atoms with van der Waals surface area (Å²) in [7, 11) is 0. The number of nitrogens with zero attached hydrogens (tertiary/aromatic N) is 2. The highest BCUT2D eigenvalue weighted by atomic mass is 16.4. The summed E-state index contributed by atoms with van der Waals surface area (Å²) in [4.78, 5) is 17.2. The van der Waals surface area contributed by atoms with E-state index in [1.165, 1.54) is 6.07 Å². The first-order valence-electron chi connectivity index (χ1n) is 7.26. The number of carboxylic acid groups (broad SMARTS) is 1. The molecule has 0 aliphatic carbocycles. The first kappa shape index (κ1) is 14.7. The molecular formula is C17H18N2O3. The molecule has 1 aromatic heterocycles. The Morgan fingerprint density at radius 1 is 1.18 bits per heavy atom. The maximum Gasteiger partial charge on any atom is 0.354 e. The average molecular weight is 298 g/mol. The monoisotopic (exact) mass is 298 g/mol. The van der Waals surface area contributed by atoms with Crippen LogP contribution in [-0.4, -0.2) is 39.2 Å². The van der Waals surface area contributed by atoms with Gasteiger partial charge in [0.1, 0.15) is 11.3 Å². The molecule has 0 saturated carbocycles. The van der Waals surface area contributed by atoms with Crippen molar-refractivity contribution in [2.45, 2.75) is 18.6 Å². The van der Waals surface area contributed by atoms with E-state index in [0.717, 1.165) is 12.1 Å². The van der Waals surface area contributed by atoms with Crippen LogP contribution in [0.1, 0.15) is 28.2 Å². The quantitative estimate of drug-likeness (QED) is 0.901. The third-order valence-electron chi connectivity index (χ3n) is 4.05. The Kier molecular flexibility index (Phi) is 3.92. The van der Waals surface area contributed by atoms with Crippen LogP contribution in [0.3, 0.4) is 0 Å². The second kappa shape index (κ2) is 5.87. The zero-order valence-electron chi connectivity index (χ0n) is 12.1. The molecule has 0 spiro atoms. The Labute approximate surface area is 128 Å². The summed E-state index contributed by atoms with van der Waals surface area (Å²) in [5, 5.41) is 19.8. The van der Waals surface area contributed by atoms with Crippen molar-refractivity contribution in [3.8, 4) is 0 Å². The first-order chi connectivity index (χ1) is 10.6. The molecule has 1 aromatic carbocycles. The van der Waals surface area contributed by atoms with E-state index in [1.54, 1.807) is 6.07 Å². The minimum atomic E-state index is -1.02. The van der Waals surface area contributed by atoms with Gasteiger partial charge in [-0.25, -0.2) is 9.78 Å². The van der Waals surface area contributed by atoms with Crippen LogP contribution in [0, 0.1) is 0 Å². The van der Waals surface area contributed by atoms with Crippen molar-refractivity contribution in [2.75, 3.05) is 13.1 Å². The number of carboxylic acids is 1. The number of hydrogen-bond acceptors (Lipinski definition) is 4. The van der Waals surface area contributed by atoms with Crippen molar-refractivity contribution >= 4 is 5.97 Å². The van der Waals surface area contributed by atoms with Gasteiger partial charge in [-0.2, -0.15) is 0 Å². The topological polar surface area (TPSA) is 73.7 Å². The maximum atomic E-state index is 11.0. The van der Waals surface area contributed by atoms with Gasteiger partial charge in [-0.05, 0) is 24.1 Å². The van der Waals surface area contributed by atoms with Gasteiger partial charge in [0.25, 0.3) is 0 Å². The average Bonchev–Trinajstić information content (AvgIpc) is 2.91. The van der Waals surface area contributed by atoms with Crippen LogP contribution in [0.25, 0.3) is 0 Å². The van der Waals surface area contributed by atoms with Crippen molar-refractivity contribution in [1.82, 2.24) is 9.88 Å². The highest BCUT2D eigenvalue weighted by Crippen LogP contribution is 2.32. The third-order valence-corrected chi connectivity index (χ3v) is 4.05. The summed E-state index contributed by atoms with van der Waals surface area (Å²) in [6.45, 7) is 1.82. The minimum Gasteiger partial charge on any atom is -0.477 e. The lowest BCUT2D eigenvalue weighted by atomic mass is 9.93. The Morgan fingerprint density at radius 3 is 2.68 bits per heavy atom. The van der Waals surface area contributed by atoms with Crippen molar-refractivity contribution in [3.05, 3.63) is 65.5 Å². The fourth-order valence-electron chi connectivity index (χ4n) is 2.91. The zero-order valence-corrected chi connectivity index (χ0v) is 12.1. The molecule has 1 atom stereocenters. The zero-order chi connectivity index (χ0) is 15.6. The SMILES string of the molecule is O=C(O)c1cccc(CN2CC[C@@](O)(c3ccccc3)C2)n1. The van der Waals surface area contributed by atoms with Gasteiger partial charge in [-0.3, -0.25) is 4.90 Å². The standard InChI is InChI=1S/C17H18N2O3/c20-16(21)15-8-4-7-14(18-15)11-19-10-9-17(22,12-19)13-5-2-1-3-6-13/h1-8,22H,9-12H2,(H,20,21)/t17-/m0/s1. The lowest BCUT2D eigenvalue weighted by Gasteiger charge is -2.24. The number of β-amino-alcohol motifs (C(OH)–C–C–N with tert-alkyl or cyclic N) is 1. The molecule has 3 rings (SSSR count). The number of benzene rings is 1. The van der Waals surface area contributed by atoms with Crippen LogP contribution in [0.4, 0.5) is 0 Å². The van der Waals surface area contributed by atoms with Gasteiger partial charge in [0.2, 0.25) is 0 Å². The Balaban J connectivity index is 1.71. The van der Waals surface area contributed by atoms with Gasteiger partial charge < -0.3 is 10.2 Å². The summed E-state index contributed by atoms with van der Waals surface area (Å²) in [5.41, 5.74) is 0.836. The molecule has 1 aliphatic rings. The van der Waals surface area contributed by atoms with E-state index >= 15 is 0 Å². The highest BCUT2D eigenvalue weighted by molar-refractivity contribution is 5.85. The van der Waals surface area contributed by atoms with Crippen molar-refractivity contribution < 1.29 is 15.0 Å². The predicted molar refractivity (Wildman–Crippen MR) is 81.4 cm³/mol. The Bertz CT molecular complexity index is 675. The highest BCUT2D eigenvalue weighted by Gasteiger charge is 2.37. The van der Waals surface area contributed by atoms with E-state index in [-0.39, 0.29) is 5.69 Å². The number of aromatic nitrogens is 1. The molecule has 2 N–H and O–H groups in total. The van der Waals surface area contributed by atoms with Crippen LogP contribution in [-0.2, 0) is 12.1 Å². The van der Waals surface area contributed by atoms with Gasteiger partial charge in [0.15, 0.2) is 0 Å². The van der Waals surface area contributed by atoms with Gasteiger partial charge in [-0.15, -0.1) is 0 Å². The third kappa shape index (κ3) is 3.00. The first-order valence-corrected chi connectivity index (χ1v) is 7.26. The molecule has 2 aromatic rings. The molecule has 0 bridgehead atoms. The molecule has 0 radical (unpaired) electrons. The molecule has 114 valence electrons.